The van der Waals surface area contributed by atoms with Crippen LogP contribution in [0.15, 0.2) is 47.4 Å². The summed E-state index contributed by atoms with van der Waals surface area (Å²) in [7, 11) is 4.02. The van der Waals surface area contributed by atoms with Gasteiger partial charge in [-0.1, -0.05) is 12.1 Å². The lowest BCUT2D eigenvalue weighted by Gasteiger charge is -2.26. The molecule has 0 aromatic heterocycles. The van der Waals surface area contributed by atoms with Crippen LogP contribution in [0, 0.1) is 0 Å². The second kappa shape index (κ2) is 9.75. The number of anilines is 2. The van der Waals surface area contributed by atoms with Crippen LogP contribution >= 0.6 is 11.8 Å². The maximum Gasteiger partial charge on any atom is 0.254 e. The molecule has 1 saturated heterocycles. The molecule has 2 aliphatic heterocycles. The molecule has 2 amide bonds. The third-order valence-corrected chi connectivity index (χ3v) is 6.72. The van der Waals surface area contributed by atoms with Gasteiger partial charge in [0.15, 0.2) is 0 Å². The van der Waals surface area contributed by atoms with E-state index in [-0.39, 0.29) is 17.9 Å². The predicted molar refractivity (Wildman–Crippen MR) is 125 cm³/mol. The maximum absolute atomic E-state index is 13.5. The van der Waals surface area contributed by atoms with Crippen LogP contribution in [0.1, 0.15) is 35.2 Å². The van der Waals surface area contributed by atoms with Gasteiger partial charge in [-0.2, -0.15) is 0 Å². The van der Waals surface area contributed by atoms with Gasteiger partial charge >= 0.3 is 0 Å². The first-order valence-electron chi connectivity index (χ1n) is 10.7. The van der Waals surface area contributed by atoms with Crippen LogP contribution in [0.4, 0.5) is 11.4 Å². The summed E-state index contributed by atoms with van der Waals surface area (Å²) in [6.07, 6.45) is 2.56. The third-order valence-electron chi connectivity index (χ3n) is 5.65. The van der Waals surface area contributed by atoms with E-state index in [0.717, 1.165) is 47.0 Å². The normalized spacial score (nSPS) is 18.1. The molecule has 0 bridgehead atoms. The largest absolute Gasteiger partial charge is 0.378 e. The van der Waals surface area contributed by atoms with Crippen molar-refractivity contribution in [2.24, 2.45) is 0 Å². The van der Waals surface area contributed by atoms with Crippen LogP contribution in [0.3, 0.4) is 0 Å². The Hall–Kier alpha value is -2.51. The van der Waals surface area contributed by atoms with E-state index in [4.69, 9.17) is 4.74 Å². The number of ether oxygens (including phenoxy) is 1. The lowest BCUT2D eigenvalue weighted by atomic mass is 10.1. The molecule has 0 saturated carbocycles. The molecule has 4 rings (SSSR count). The number of hydrogen-bond acceptors (Lipinski definition) is 5. The third kappa shape index (κ3) is 5.40. The topological polar surface area (TPSA) is 61.9 Å². The summed E-state index contributed by atoms with van der Waals surface area (Å²) in [6.45, 7) is 1.84. The van der Waals surface area contributed by atoms with Gasteiger partial charge in [-0.3, -0.25) is 9.59 Å². The van der Waals surface area contributed by atoms with Gasteiger partial charge in [-0.05, 0) is 48.7 Å². The van der Waals surface area contributed by atoms with Gasteiger partial charge in [-0.15, -0.1) is 11.8 Å². The van der Waals surface area contributed by atoms with Crippen molar-refractivity contribution in [3.05, 3.63) is 53.6 Å². The van der Waals surface area contributed by atoms with E-state index in [9.17, 15) is 9.59 Å². The van der Waals surface area contributed by atoms with Crippen molar-refractivity contribution in [1.82, 2.24) is 4.90 Å². The zero-order valence-corrected chi connectivity index (χ0v) is 18.9. The highest BCUT2D eigenvalue weighted by atomic mass is 32.2. The van der Waals surface area contributed by atoms with E-state index in [1.165, 1.54) is 0 Å². The van der Waals surface area contributed by atoms with Crippen molar-refractivity contribution in [3.8, 4) is 0 Å². The Kier molecular flexibility index (Phi) is 6.83. The minimum atomic E-state index is -0.0431. The lowest BCUT2D eigenvalue weighted by molar-refractivity contribution is -0.115. The fourth-order valence-corrected chi connectivity index (χ4v) is 4.85. The van der Waals surface area contributed by atoms with Crippen molar-refractivity contribution in [2.75, 3.05) is 43.2 Å². The quantitative estimate of drug-likeness (QED) is 0.737. The molecule has 1 fully saturated rings. The van der Waals surface area contributed by atoms with Gasteiger partial charge in [0.25, 0.3) is 5.91 Å². The van der Waals surface area contributed by atoms with Gasteiger partial charge in [0.1, 0.15) is 0 Å². The molecule has 1 atom stereocenters. The number of amides is 2. The van der Waals surface area contributed by atoms with Gasteiger partial charge in [-0.25, -0.2) is 0 Å². The summed E-state index contributed by atoms with van der Waals surface area (Å²) in [5.41, 5.74) is 3.52. The maximum atomic E-state index is 13.5. The average molecular weight is 440 g/mol. The van der Waals surface area contributed by atoms with Crippen LogP contribution in [0.5, 0.6) is 0 Å². The first-order valence-corrected chi connectivity index (χ1v) is 11.7. The second-order valence-electron chi connectivity index (χ2n) is 8.24. The SMILES string of the molecule is CN(C)c1ccc(CN(CC2CCCO2)C(=O)c2ccc3c(c2)NC(=O)CCS3)cc1. The summed E-state index contributed by atoms with van der Waals surface area (Å²) >= 11 is 1.64. The average Bonchev–Trinajstić information content (AvgIpc) is 3.20. The Morgan fingerprint density at radius 1 is 1.19 bits per heavy atom. The van der Waals surface area contributed by atoms with Gasteiger partial charge in [0, 0.05) is 62.1 Å². The molecule has 2 heterocycles. The lowest BCUT2D eigenvalue weighted by Crippen LogP contribution is -2.37. The molecule has 0 aliphatic carbocycles. The van der Waals surface area contributed by atoms with Crippen LogP contribution in [0.25, 0.3) is 0 Å². The Bertz CT molecular complexity index is 940. The summed E-state index contributed by atoms with van der Waals surface area (Å²) in [5, 5.41) is 2.94. The van der Waals surface area contributed by atoms with Crippen molar-refractivity contribution in [1.29, 1.82) is 0 Å². The van der Waals surface area contributed by atoms with Crippen LogP contribution in [0.2, 0.25) is 0 Å². The van der Waals surface area contributed by atoms with E-state index in [1.807, 2.05) is 37.2 Å². The molecule has 2 aromatic rings. The van der Waals surface area contributed by atoms with Crippen molar-refractivity contribution in [3.63, 3.8) is 0 Å². The molecule has 0 radical (unpaired) electrons. The number of thioether (sulfide) groups is 1. The molecule has 164 valence electrons. The predicted octanol–water partition coefficient (Wildman–Crippen LogP) is 4.01. The standard InChI is InChI=1S/C24H29N3O3S/c1-26(2)19-8-5-17(6-9-19)15-27(16-20-4-3-12-30-20)24(29)18-7-10-22-21(14-18)25-23(28)11-13-31-22/h5-10,14,20H,3-4,11-13,15-16H2,1-2H3,(H,25,28). The van der Waals surface area contributed by atoms with Crippen molar-refractivity contribution < 1.29 is 14.3 Å². The molecule has 2 aromatic carbocycles. The summed E-state index contributed by atoms with van der Waals surface area (Å²) in [4.78, 5) is 30.4. The number of carbonyl (C=O) groups is 2. The Morgan fingerprint density at radius 3 is 2.71 bits per heavy atom. The van der Waals surface area contributed by atoms with E-state index in [1.54, 1.807) is 11.8 Å². The molecule has 7 heteroatoms. The van der Waals surface area contributed by atoms with Gasteiger partial charge in [0.2, 0.25) is 5.91 Å². The fourth-order valence-electron chi connectivity index (χ4n) is 3.91. The molecule has 1 unspecified atom stereocenters. The van der Waals surface area contributed by atoms with Crippen LogP contribution in [-0.4, -0.2) is 55.8 Å². The zero-order valence-electron chi connectivity index (χ0n) is 18.1. The highest BCUT2D eigenvalue weighted by molar-refractivity contribution is 7.99. The van der Waals surface area contributed by atoms with Gasteiger partial charge in [0.05, 0.1) is 11.8 Å². The van der Waals surface area contributed by atoms with E-state index < -0.39 is 0 Å². The number of rotatable bonds is 6. The highest BCUT2D eigenvalue weighted by Crippen LogP contribution is 2.32. The fraction of sp³-hybridized carbons (Fsp3) is 0.417. The van der Waals surface area contributed by atoms with Crippen molar-refractivity contribution >= 4 is 35.0 Å². The molecule has 31 heavy (non-hydrogen) atoms. The monoisotopic (exact) mass is 439 g/mol. The first kappa shape index (κ1) is 21.7. The van der Waals surface area contributed by atoms with E-state index in [0.29, 0.717) is 25.1 Å². The van der Waals surface area contributed by atoms with Gasteiger partial charge < -0.3 is 19.9 Å². The number of benzene rings is 2. The number of nitrogens with one attached hydrogen (secondary N) is 1. The summed E-state index contributed by atoms with van der Waals surface area (Å²) < 4.78 is 5.82. The Morgan fingerprint density at radius 2 is 2.00 bits per heavy atom. The Labute approximate surface area is 187 Å². The number of carbonyl (C=O) groups excluding carboxylic acids is 2. The van der Waals surface area contributed by atoms with Crippen molar-refractivity contribution in [2.45, 2.75) is 36.8 Å². The number of fused-ring (bicyclic) bond motifs is 1. The van der Waals surface area contributed by atoms with Crippen LogP contribution < -0.4 is 10.2 Å². The Balaban J connectivity index is 1.56. The highest BCUT2D eigenvalue weighted by Gasteiger charge is 2.25. The molecule has 6 nitrogen and oxygen atoms in total. The number of hydrogen-bond donors (Lipinski definition) is 1. The first-order chi connectivity index (χ1) is 15.0. The molecule has 0 spiro atoms. The minimum absolute atomic E-state index is 0.00644. The molecular weight excluding hydrogens is 410 g/mol. The summed E-state index contributed by atoms with van der Waals surface area (Å²) in [6, 6.07) is 13.9. The van der Waals surface area contributed by atoms with Crippen LogP contribution in [-0.2, 0) is 16.1 Å². The minimum Gasteiger partial charge on any atom is -0.378 e. The van der Waals surface area contributed by atoms with E-state index >= 15 is 0 Å². The smallest absolute Gasteiger partial charge is 0.254 e. The van der Waals surface area contributed by atoms with E-state index in [2.05, 4.69) is 34.5 Å². The molecular formula is C24H29N3O3S. The molecule has 2 aliphatic rings. The second-order valence-corrected chi connectivity index (χ2v) is 9.38. The zero-order chi connectivity index (χ0) is 21.8. The number of nitrogens with zero attached hydrogens (tertiary/aromatic N) is 2. The molecule has 1 N–H and O–H groups in total. The summed E-state index contributed by atoms with van der Waals surface area (Å²) in [5.74, 6) is 0.701.